The van der Waals surface area contributed by atoms with Crippen molar-refractivity contribution in [1.82, 2.24) is 4.57 Å². The van der Waals surface area contributed by atoms with Gasteiger partial charge in [-0.2, -0.15) is 0 Å². The molecule has 6 aromatic carbocycles. The van der Waals surface area contributed by atoms with Crippen molar-refractivity contribution in [2.45, 2.75) is 26.3 Å². The molecule has 2 nitrogen and oxygen atoms in total. The Balaban J connectivity index is 1.52. The van der Waals surface area contributed by atoms with Crippen LogP contribution in [0.5, 0.6) is 0 Å². The maximum atomic E-state index is 2.49. The van der Waals surface area contributed by atoms with E-state index in [9.17, 15) is 0 Å². The summed E-state index contributed by atoms with van der Waals surface area (Å²) in [6, 6.07) is 50.5. The quantitative estimate of drug-likeness (QED) is 0.226. The lowest BCUT2D eigenvalue weighted by Crippen LogP contribution is -2.21. The molecule has 0 aliphatic carbocycles. The summed E-state index contributed by atoms with van der Waals surface area (Å²) in [7, 11) is 0. The zero-order chi connectivity index (χ0) is 27.3. The first-order valence-electron chi connectivity index (χ1n) is 14.0. The smallest absolute Gasteiger partial charge is 0.0517 e. The van der Waals surface area contributed by atoms with E-state index in [0.29, 0.717) is 0 Å². The van der Waals surface area contributed by atoms with Crippen molar-refractivity contribution < 1.29 is 0 Å². The Hall–Kier alpha value is -4.82. The van der Waals surface area contributed by atoms with Crippen molar-refractivity contribution in [1.29, 1.82) is 0 Å². The third kappa shape index (κ3) is 4.04. The molecule has 0 spiro atoms. The van der Waals surface area contributed by atoms with Crippen molar-refractivity contribution in [3.63, 3.8) is 0 Å². The monoisotopic (exact) mass is 516 g/mol. The summed E-state index contributed by atoms with van der Waals surface area (Å²) in [4.78, 5) is 2.39. The lowest BCUT2D eigenvalue weighted by molar-refractivity contribution is 0.423. The van der Waals surface area contributed by atoms with Crippen LogP contribution in [-0.2, 0) is 5.54 Å². The standard InChI is InChI=1S/C38H32N2/c1-38(2,3)40-36-21-13-12-20-33(36)34-23-22-30(26-37(34)40)39(29-17-8-5-9-18-29)31-24-28-16-10-11-19-32(28)35(25-31)27-14-6-4-7-15-27/h4-26H,1-3H3. The van der Waals surface area contributed by atoms with Crippen LogP contribution in [0.1, 0.15) is 20.8 Å². The van der Waals surface area contributed by atoms with E-state index >= 15 is 0 Å². The lowest BCUT2D eigenvalue weighted by Gasteiger charge is -2.28. The first-order chi connectivity index (χ1) is 19.5. The van der Waals surface area contributed by atoms with Crippen LogP contribution in [0.3, 0.4) is 0 Å². The van der Waals surface area contributed by atoms with E-state index in [2.05, 4.69) is 170 Å². The van der Waals surface area contributed by atoms with Crippen molar-refractivity contribution in [3.05, 3.63) is 140 Å². The molecule has 7 rings (SSSR count). The van der Waals surface area contributed by atoms with Crippen LogP contribution in [0.25, 0.3) is 43.7 Å². The van der Waals surface area contributed by atoms with Gasteiger partial charge < -0.3 is 9.47 Å². The minimum atomic E-state index is -0.0685. The molecule has 0 bridgehead atoms. The molecule has 1 heterocycles. The molecule has 2 heteroatoms. The van der Waals surface area contributed by atoms with Crippen LogP contribution < -0.4 is 4.90 Å². The predicted molar refractivity (Wildman–Crippen MR) is 172 cm³/mol. The first-order valence-corrected chi connectivity index (χ1v) is 14.0. The largest absolute Gasteiger partial charge is 0.335 e. The molecule has 0 saturated heterocycles. The number of aromatic nitrogens is 1. The summed E-state index contributed by atoms with van der Waals surface area (Å²) in [5.74, 6) is 0. The molecule has 194 valence electrons. The van der Waals surface area contributed by atoms with E-state index in [1.807, 2.05) is 0 Å². The summed E-state index contributed by atoms with van der Waals surface area (Å²) in [6.07, 6.45) is 0. The van der Waals surface area contributed by atoms with E-state index in [1.54, 1.807) is 0 Å². The van der Waals surface area contributed by atoms with E-state index in [0.717, 1.165) is 17.1 Å². The van der Waals surface area contributed by atoms with Gasteiger partial charge in [-0.25, -0.2) is 0 Å². The van der Waals surface area contributed by atoms with Gasteiger partial charge in [0.1, 0.15) is 0 Å². The summed E-state index contributed by atoms with van der Waals surface area (Å²) in [5, 5.41) is 5.06. The molecule has 0 N–H and O–H groups in total. The number of fused-ring (bicyclic) bond motifs is 4. The average Bonchev–Trinajstić information content (AvgIpc) is 3.32. The van der Waals surface area contributed by atoms with Crippen LogP contribution >= 0.6 is 0 Å². The van der Waals surface area contributed by atoms with Gasteiger partial charge in [0.05, 0.1) is 5.52 Å². The van der Waals surface area contributed by atoms with Gasteiger partial charge in [-0.05, 0) is 85.1 Å². The molecule has 40 heavy (non-hydrogen) atoms. The first kappa shape index (κ1) is 24.2. The Morgan fingerprint density at radius 2 is 1.10 bits per heavy atom. The van der Waals surface area contributed by atoms with Crippen molar-refractivity contribution in [2.24, 2.45) is 0 Å². The van der Waals surface area contributed by atoms with E-state index in [4.69, 9.17) is 0 Å². The number of anilines is 3. The van der Waals surface area contributed by atoms with Gasteiger partial charge in [0.2, 0.25) is 0 Å². The molecular formula is C38H32N2. The number of nitrogens with zero attached hydrogens (tertiary/aromatic N) is 2. The molecule has 0 fully saturated rings. The topological polar surface area (TPSA) is 8.17 Å². The van der Waals surface area contributed by atoms with Crippen LogP contribution in [-0.4, -0.2) is 4.57 Å². The van der Waals surface area contributed by atoms with Gasteiger partial charge in [-0.15, -0.1) is 0 Å². The third-order valence-electron chi connectivity index (χ3n) is 7.79. The minimum absolute atomic E-state index is 0.0685. The number of para-hydroxylation sites is 2. The second-order valence-electron chi connectivity index (χ2n) is 11.5. The van der Waals surface area contributed by atoms with E-state index < -0.39 is 0 Å². The fraction of sp³-hybridized carbons (Fsp3) is 0.105. The van der Waals surface area contributed by atoms with Crippen LogP contribution in [0.15, 0.2) is 140 Å². The zero-order valence-corrected chi connectivity index (χ0v) is 23.2. The SMILES string of the molecule is CC(C)(C)n1c2ccccc2c2ccc(N(c3ccccc3)c3cc(-c4ccccc4)c4ccccc4c3)cc21. The number of benzene rings is 6. The van der Waals surface area contributed by atoms with Crippen molar-refractivity contribution >= 4 is 49.6 Å². The Kier molecular flexibility index (Phi) is 5.71. The third-order valence-corrected chi connectivity index (χ3v) is 7.79. The summed E-state index contributed by atoms with van der Waals surface area (Å²) >= 11 is 0. The number of rotatable bonds is 4. The normalized spacial score (nSPS) is 11.9. The van der Waals surface area contributed by atoms with E-state index in [-0.39, 0.29) is 5.54 Å². The second kappa shape index (κ2) is 9.43. The van der Waals surface area contributed by atoms with Gasteiger partial charge >= 0.3 is 0 Å². The number of hydrogen-bond donors (Lipinski definition) is 0. The molecule has 0 radical (unpaired) electrons. The summed E-state index contributed by atoms with van der Waals surface area (Å²) < 4.78 is 2.49. The average molecular weight is 517 g/mol. The maximum absolute atomic E-state index is 2.49. The highest BCUT2D eigenvalue weighted by Gasteiger charge is 2.22. The molecule has 0 atom stereocenters. The van der Waals surface area contributed by atoms with Gasteiger partial charge in [-0.3, -0.25) is 0 Å². The molecule has 0 unspecified atom stereocenters. The highest BCUT2D eigenvalue weighted by molar-refractivity contribution is 6.09. The van der Waals surface area contributed by atoms with Gasteiger partial charge in [0, 0.05) is 38.9 Å². The zero-order valence-electron chi connectivity index (χ0n) is 23.2. The number of hydrogen-bond acceptors (Lipinski definition) is 1. The van der Waals surface area contributed by atoms with Gasteiger partial charge in [-0.1, -0.05) is 97.1 Å². The van der Waals surface area contributed by atoms with E-state index in [1.165, 1.54) is 43.7 Å². The van der Waals surface area contributed by atoms with Crippen LogP contribution in [0.2, 0.25) is 0 Å². The summed E-state index contributed by atoms with van der Waals surface area (Å²) in [5.41, 5.74) is 8.32. The van der Waals surface area contributed by atoms with Gasteiger partial charge in [0.25, 0.3) is 0 Å². The Morgan fingerprint density at radius 1 is 0.475 bits per heavy atom. The minimum Gasteiger partial charge on any atom is -0.335 e. The molecule has 7 aromatic rings. The highest BCUT2D eigenvalue weighted by atomic mass is 15.1. The fourth-order valence-corrected chi connectivity index (χ4v) is 6.13. The fourth-order valence-electron chi connectivity index (χ4n) is 6.13. The summed E-state index contributed by atoms with van der Waals surface area (Å²) in [6.45, 7) is 6.86. The Bertz CT molecular complexity index is 1980. The molecule has 0 saturated carbocycles. The lowest BCUT2D eigenvalue weighted by atomic mass is 9.96. The molecule has 0 amide bonds. The highest BCUT2D eigenvalue weighted by Crippen LogP contribution is 2.42. The molecule has 1 aromatic heterocycles. The van der Waals surface area contributed by atoms with Crippen molar-refractivity contribution in [2.75, 3.05) is 4.90 Å². The van der Waals surface area contributed by atoms with Crippen molar-refractivity contribution in [3.8, 4) is 11.1 Å². The molecular weight excluding hydrogens is 484 g/mol. The predicted octanol–water partition coefficient (Wildman–Crippen LogP) is 10.8. The van der Waals surface area contributed by atoms with Crippen LogP contribution in [0.4, 0.5) is 17.1 Å². The second-order valence-corrected chi connectivity index (χ2v) is 11.5. The van der Waals surface area contributed by atoms with Gasteiger partial charge in [0.15, 0.2) is 0 Å². The molecule has 0 aliphatic rings. The maximum Gasteiger partial charge on any atom is 0.0517 e. The Morgan fingerprint density at radius 3 is 1.85 bits per heavy atom. The molecule has 0 aliphatic heterocycles. The Labute approximate surface area is 235 Å². The van der Waals surface area contributed by atoms with Crippen LogP contribution in [0, 0.1) is 0 Å².